The monoisotopic (exact) mass is 882 g/mol. The third-order valence-corrected chi connectivity index (χ3v) is 16.8. The molecule has 0 atom stereocenters. The summed E-state index contributed by atoms with van der Waals surface area (Å²) in [6, 6.07) is 12.5. The molecule has 13 nitrogen and oxygen atoms in total. The third kappa shape index (κ3) is 7.89. The third-order valence-electron chi connectivity index (χ3n) is 14.8. The Kier molecular flexibility index (Phi) is 10.3. The zero-order valence-electron chi connectivity index (χ0n) is 35.6. The second kappa shape index (κ2) is 15.3. The summed E-state index contributed by atoms with van der Waals surface area (Å²) < 4.78 is 39.8. The number of carbonyl (C=O) groups is 1. The fourth-order valence-corrected chi connectivity index (χ4v) is 13.2. The number of benzene rings is 2. The lowest BCUT2D eigenvalue weighted by atomic mass is 9.39. The number of aromatic amines is 1. The summed E-state index contributed by atoms with van der Waals surface area (Å²) in [5.74, 6) is -1.02. The van der Waals surface area contributed by atoms with Crippen LogP contribution in [0.3, 0.4) is 0 Å². The van der Waals surface area contributed by atoms with Crippen molar-refractivity contribution in [3.63, 3.8) is 0 Å². The van der Waals surface area contributed by atoms with Crippen molar-refractivity contribution in [1.29, 1.82) is 0 Å². The predicted octanol–water partition coefficient (Wildman–Crippen LogP) is 8.57. The standard InChI is InChI=1S/C47H55ClN6O7S/c1-44(2)12-8-33(38(23-44)46-27-47(48,28-46)29-46)25-51-14-16-53(17-15-51)34-4-6-37(42(21-34)61-35-20-32-9-13-49-43(32)50-24-35)40(55)26-62(58,59)36-5-7-41(39(22-36)54(56)57)60-19-18-52-30-45(31-52)10-3-11-45/h4-7,9,13,20-22,24H,3,8,10-12,14-19,23,25-31H2,1-2H3,(H,49,50). The van der Waals surface area contributed by atoms with E-state index in [4.69, 9.17) is 21.1 Å². The van der Waals surface area contributed by atoms with E-state index in [0.29, 0.717) is 34.2 Å². The Morgan fingerprint density at radius 2 is 1.74 bits per heavy atom. The van der Waals surface area contributed by atoms with E-state index >= 15 is 0 Å². The average molecular weight is 884 g/mol. The van der Waals surface area contributed by atoms with Gasteiger partial charge in [-0.3, -0.25) is 24.7 Å². The summed E-state index contributed by atoms with van der Waals surface area (Å²) >= 11 is 6.75. The predicted molar refractivity (Wildman–Crippen MR) is 238 cm³/mol. The van der Waals surface area contributed by atoms with Crippen molar-refractivity contribution in [3.8, 4) is 17.2 Å². The van der Waals surface area contributed by atoms with Gasteiger partial charge in [-0.1, -0.05) is 31.4 Å². The number of H-pyrrole nitrogens is 1. The van der Waals surface area contributed by atoms with Crippen LogP contribution in [0.15, 0.2) is 77.0 Å². The zero-order valence-corrected chi connectivity index (χ0v) is 37.2. The minimum Gasteiger partial charge on any atom is -0.485 e. The topological polar surface area (TPSA) is 151 Å². The lowest BCUT2D eigenvalue weighted by Crippen LogP contribution is -2.65. The van der Waals surface area contributed by atoms with Crippen molar-refractivity contribution in [3.05, 3.63) is 87.7 Å². The maximum absolute atomic E-state index is 14.0. The van der Waals surface area contributed by atoms with Gasteiger partial charge in [-0.25, -0.2) is 13.4 Å². The summed E-state index contributed by atoms with van der Waals surface area (Å²) in [5.41, 5.74) is 5.58. The highest BCUT2D eigenvalue weighted by atomic mass is 35.5. The van der Waals surface area contributed by atoms with Crippen LogP contribution in [0.1, 0.15) is 82.0 Å². The van der Waals surface area contributed by atoms with Gasteiger partial charge in [-0.15, -0.1) is 11.6 Å². The van der Waals surface area contributed by atoms with E-state index in [0.717, 1.165) is 95.1 Å². The molecule has 1 N–H and O–H groups in total. The number of alkyl halides is 1. The number of hydrogen-bond donors (Lipinski definition) is 1. The molecule has 5 aliphatic carbocycles. The lowest BCUT2D eigenvalue weighted by molar-refractivity contribution is -0.386. The van der Waals surface area contributed by atoms with E-state index in [1.165, 1.54) is 37.8 Å². The van der Waals surface area contributed by atoms with Gasteiger partial charge in [0.25, 0.3) is 0 Å². The maximum atomic E-state index is 14.0. The lowest BCUT2D eigenvalue weighted by Gasteiger charge is -2.70. The molecule has 6 fully saturated rings. The highest BCUT2D eigenvalue weighted by molar-refractivity contribution is 7.92. The molecule has 0 radical (unpaired) electrons. The molecule has 11 rings (SSSR count). The molecular formula is C47H55ClN6O7S. The number of carbonyl (C=O) groups excluding carboxylic acids is 1. The first-order valence-electron chi connectivity index (χ1n) is 22.1. The molecule has 328 valence electrons. The van der Waals surface area contributed by atoms with Crippen LogP contribution in [-0.4, -0.2) is 108 Å². The Morgan fingerprint density at radius 1 is 0.968 bits per heavy atom. The molecule has 2 aromatic heterocycles. The SMILES string of the molecule is CC1(C)CCC(CN2CCN(c3ccc(C(=O)CS(=O)(=O)c4ccc(OCCN5CC6(CCC6)C5)c([N+](=O)[O-])c4)c(Oc4cnc5[nH]ccc5c4)c3)CC2)=C(C23CC(Cl)(C2)C3)C1. The zero-order chi connectivity index (χ0) is 43.1. The van der Waals surface area contributed by atoms with Crippen LogP contribution in [0.4, 0.5) is 11.4 Å². The van der Waals surface area contributed by atoms with Crippen molar-refractivity contribution < 1.29 is 27.6 Å². The van der Waals surface area contributed by atoms with Crippen LogP contribution >= 0.6 is 11.6 Å². The van der Waals surface area contributed by atoms with E-state index in [1.54, 1.807) is 35.7 Å². The number of rotatable bonds is 15. The van der Waals surface area contributed by atoms with Crippen molar-refractivity contribution in [2.24, 2.45) is 16.2 Å². The fraction of sp³-hybridized carbons (Fsp3) is 0.532. The van der Waals surface area contributed by atoms with Crippen LogP contribution in [0.2, 0.25) is 0 Å². The number of aromatic nitrogens is 2. The molecule has 15 heteroatoms. The number of ketones is 1. The molecule has 7 aliphatic rings. The number of piperazine rings is 1. The first kappa shape index (κ1) is 41.5. The van der Waals surface area contributed by atoms with Gasteiger partial charge in [-0.05, 0) is 104 Å². The number of nitro groups is 1. The number of nitrogens with zero attached hydrogens (tertiary/aromatic N) is 5. The van der Waals surface area contributed by atoms with Gasteiger partial charge in [0.15, 0.2) is 21.4 Å². The number of Topliss-reactive ketones (excluding diaryl/α,β-unsaturated/α-hetero) is 1. The van der Waals surface area contributed by atoms with E-state index < -0.39 is 32.0 Å². The van der Waals surface area contributed by atoms with E-state index in [2.05, 4.69) is 38.5 Å². The largest absolute Gasteiger partial charge is 0.485 e. The number of hydrogen-bond acceptors (Lipinski definition) is 11. The number of sulfone groups is 1. The molecule has 0 unspecified atom stereocenters. The summed E-state index contributed by atoms with van der Waals surface area (Å²) in [5, 5.41) is 12.9. The van der Waals surface area contributed by atoms with E-state index in [9.17, 15) is 23.3 Å². The first-order chi connectivity index (χ1) is 29.6. The Hall–Kier alpha value is -4.50. The number of likely N-dealkylation sites (tertiary alicyclic amines) is 1. The summed E-state index contributed by atoms with van der Waals surface area (Å²) in [7, 11) is -4.31. The molecule has 4 heterocycles. The number of nitrogens with one attached hydrogen (secondary N) is 1. The highest BCUT2D eigenvalue weighted by Crippen LogP contribution is 2.75. The van der Waals surface area contributed by atoms with Crippen molar-refractivity contribution in [2.45, 2.75) is 81.4 Å². The highest BCUT2D eigenvalue weighted by Gasteiger charge is 2.69. The summed E-state index contributed by atoms with van der Waals surface area (Å²) in [6.07, 6.45) is 14.0. The normalized spacial score (nSPS) is 25.4. The van der Waals surface area contributed by atoms with Crippen LogP contribution < -0.4 is 14.4 Å². The minimum atomic E-state index is -4.31. The smallest absolute Gasteiger partial charge is 0.312 e. The molecule has 2 saturated heterocycles. The van der Waals surface area contributed by atoms with E-state index in [-0.39, 0.29) is 33.4 Å². The second-order valence-electron chi connectivity index (χ2n) is 20.0. The minimum absolute atomic E-state index is 0.00587. The van der Waals surface area contributed by atoms with E-state index in [1.807, 2.05) is 18.2 Å². The Balaban J connectivity index is 0.840. The summed E-state index contributed by atoms with van der Waals surface area (Å²) in [4.78, 5) is 39.8. The molecule has 2 aromatic carbocycles. The van der Waals surface area contributed by atoms with Gasteiger partial charge < -0.3 is 19.4 Å². The summed E-state index contributed by atoms with van der Waals surface area (Å²) in [6.45, 7) is 12.0. The Morgan fingerprint density at radius 3 is 2.45 bits per heavy atom. The van der Waals surface area contributed by atoms with Crippen LogP contribution in [0.5, 0.6) is 17.2 Å². The van der Waals surface area contributed by atoms with Crippen molar-refractivity contribution in [1.82, 2.24) is 19.8 Å². The average Bonchev–Trinajstić information content (AvgIpc) is 3.65. The van der Waals surface area contributed by atoms with Gasteiger partial charge in [0, 0.05) is 86.6 Å². The van der Waals surface area contributed by atoms with Gasteiger partial charge in [-0.2, -0.15) is 0 Å². The van der Waals surface area contributed by atoms with Gasteiger partial charge in [0.1, 0.15) is 29.5 Å². The van der Waals surface area contributed by atoms with Gasteiger partial charge in [0.05, 0.1) is 21.6 Å². The quantitative estimate of drug-likeness (QED) is 0.0402. The van der Waals surface area contributed by atoms with Crippen molar-refractivity contribution >= 4 is 49.6 Å². The van der Waals surface area contributed by atoms with Crippen LogP contribution in [-0.2, 0) is 9.84 Å². The molecule has 62 heavy (non-hydrogen) atoms. The number of fused-ring (bicyclic) bond motifs is 1. The number of nitro benzene ring substituents is 1. The number of anilines is 1. The molecule has 2 bridgehead atoms. The molecule has 4 saturated carbocycles. The Labute approximate surface area is 367 Å². The first-order valence-corrected chi connectivity index (χ1v) is 24.1. The number of halogens is 1. The van der Waals surface area contributed by atoms with Crippen LogP contribution in [0, 0.1) is 26.4 Å². The number of ether oxygens (including phenoxy) is 2. The molecule has 2 aliphatic heterocycles. The fourth-order valence-electron chi connectivity index (χ4n) is 11.2. The van der Waals surface area contributed by atoms with Gasteiger partial charge in [0.2, 0.25) is 0 Å². The number of allylic oxidation sites excluding steroid dienone is 1. The molecular weight excluding hydrogens is 828 g/mol. The maximum Gasteiger partial charge on any atom is 0.312 e. The van der Waals surface area contributed by atoms with Crippen LogP contribution in [0.25, 0.3) is 11.0 Å². The van der Waals surface area contributed by atoms with Crippen molar-refractivity contribution in [2.75, 3.05) is 69.6 Å². The molecule has 1 spiro atoms. The molecule has 0 amide bonds. The number of pyridine rings is 1. The second-order valence-corrected chi connectivity index (χ2v) is 22.8. The molecule has 4 aromatic rings. The Bertz CT molecular complexity index is 2570. The van der Waals surface area contributed by atoms with Gasteiger partial charge >= 0.3 is 5.69 Å².